The van der Waals surface area contributed by atoms with Crippen molar-refractivity contribution in [1.29, 1.82) is 0 Å². The molecule has 0 saturated carbocycles. The van der Waals surface area contributed by atoms with E-state index in [4.69, 9.17) is 16.3 Å². The van der Waals surface area contributed by atoms with Crippen LogP contribution in [0.4, 0.5) is 0 Å². The van der Waals surface area contributed by atoms with Gasteiger partial charge < -0.3 is 15.0 Å². The highest BCUT2D eigenvalue weighted by atomic mass is 35.5. The average molecular weight is 425 g/mol. The van der Waals surface area contributed by atoms with E-state index in [0.29, 0.717) is 50.8 Å². The molecule has 1 saturated heterocycles. The van der Waals surface area contributed by atoms with E-state index in [9.17, 15) is 9.59 Å². The first-order valence-corrected chi connectivity index (χ1v) is 10.3. The summed E-state index contributed by atoms with van der Waals surface area (Å²) in [6, 6.07) is 5.49. The average Bonchev–Trinajstić information content (AvgIpc) is 2.60. The zero-order valence-corrected chi connectivity index (χ0v) is 18.9. The molecule has 0 aromatic heterocycles. The van der Waals surface area contributed by atoms with Crippen LogP contribution in [0.15, 0.2) is 18.2 Å². The molecule has 0 atom stereocenters. The number of likely N-dealkylation sites (N-methyl/N-ethyl adjacent to an activating group) is 1. The molecule has 0 bridgehead atoms. The van der Waals surface area contributed by atoms with Gasteiger partial charge in [-0.05, 0) is 46.0 Å². The third-order valence-corrected chi connectivity index (χ3v) is 4.93. The number of nitrogens with zero attached hydrogens (tertiary/aromatic N) is 3. The second kappa shape index (κ2) is 10.3. The van der Waals surface area contributed by atoms with E-state index in [2.05, 4.69) is 10.2 Å². The van der Waals surface area contributed by atoms with Gasteiger partial charge in [0.15, 0.2) is 0 Å². The third kappa shape index (κ3) is 7.84. The van der Waals surface area contributed by atoms with Crippen molar-refractivity contribution >= 4 is 23.4 Å². The number of hydrogen-bond acceptors (Lipinski definition) is 5. The van der Waals surface area contributed by atoms with Gasteiger partial charge in [-0.15, -0.1) is 0 Å². The number of ether oxygens (including phenoxy) is 1. The number of methoxy groups -OCH3 is 1. The van der Waals surface area contributed by atoms with E-state index in [-0.39, 0.29) is 17.4 Å². The fourth-order valence-corrected chi connectivity index (χ4v) is 3.56. The minimum Gasteiger partial charge on any atom is -0.496 e. The molecule has 1 fully saturated rings. The Hall–Kier alpha value is -1.83. The zero-order valence-electron chi connectivity index (χ0n) is 18.1. The molecular weight excluding hydrogens is 392 g/mol. The lowest BCUT2D eigenvalue weighted by molar-refractivity contribution is -0.134. The SMILES string of the molecule is COc1ccc(Cl)cc1CN(C)CC(=O)N1CCN(CC(=O)NC(C)(C)C)CC1. The molecule has 7 nitrogen and oxygen atoms in total. The summed E-state index contributed by atoms with van der Waals surface area (Å²) in [5.74, 6) is 0.871. The van der Waals surface area contributed by atoms with Crippen molar-refractivity contribution in [3.63, 3.8) is 0 Å². The standard InChI is InChI=1S/C21H33ClN4O3/c1-21(2,3)23-19(27)14-25-8-10-26(11-9-25)20(28)15-24(4)13-16-12-17(22)6-7-18(16)29-5/h6-7,12H,8-11,13-15H2,1-5H3,(H,23,27). The van der Waals surface area contributed by atoms with Gasteiger partial charge in [-0.25, -0.2) is 0 Å². The summed E-state index contributed by atoms with van der Waals surface area (Å²) in [4.78, 5) is 30.7. The van der Waals surface area contributed by atoms with E-state index in [1.165, 1.54) is 0 Å². The summed E-state index contributed by atoms with van der Waals surface area (Å²) in [6.45, 7) is 9.84. The van der Waals surface area contributed by atoms with Crippen LogP contribution in [-0.4, -0.2) is 85.5 Å². The van der Waals surface area contributed by atoms with Gasteiger partial charge in [0.1, 0.15) is 5.75 Å². The number of rotatable bonds is 7. The van der Waals surface area contributed by atoms with Crippen molar-refractivity contribution in [2.24, 2.45) is 0 Å². The molecule has 1 aliphatic heterocycles. The van der Waals surface area contributed by atoms with Gasteiger partial charge in [0.05, 0.1) is 20.2 Å². The van der Waals surface area contributed by atoms with E-state index >= 15 is 0 Å². The highest BCUT2D eigenvalue weighted by molar-refractivity contribution is 6.30. The Morgan fingerprint density at radius 1 is 1.21 bits per heavy atom. The Morgan fingerprint density at radius 2 is 1.86 bits per heavy atom. The quantitative estimate of drug-likeness (QED) is 0.723. The van der Waals surface area contributed by atoms with Crippen LogP contribution in [0.5, 0.6) is 5.75 Å². The number of hydrogen-bond donors (Lipinski definition) is 1. The smallest absolute Gasteiger partial charge is 0.236 e. The first kappa shape index (κ1) is 23.4. The van der Waals surface area contributed by atoms with Crippen molar-refractivity contribution in [3.8, 4) is 5.75 Å². The molecule has 0 radical (unpaired) electrons. The summed E-state index contributed by atoms with van der Waals surface area (Å²) < 4.78 is 5.38. The molecule has 0 unspecified atom stereocenters. The van der Waals surface area contributed by atoms with Gasteiger partial charge in [-0.2, -0.15) is 0 Å². The number of nitrogens with one attached hydrogen (secondary N) is 1. The van der Waals surface area contributed by atoms with Crippen LogP contribution in [0.1, 0.15) is 26.3 Å². The number of halogens is 1. The lowest BCUT2D eigenvalue weighted by Crippen LogP contribution is -2.54. The summed E-state index contributed by atoms with van der Waals surface area (Å²) >= 11 is 6.09. The van der Waals surface area contributed by atoms with Crippen LogP contribution in [0.2, 0.25) is 5.02 Å². The lowest BCUT2D eigenvalue weighted by Gasteiger charge is -2.35. The first-order valence-electron chi connectivity index (χ1n) is 9.89. The van der Waals surface area contributed by atoms with Gasteiger partial charge in [-0.3, -0.25) is 19.4 Å². The van der Waals surface area contributed by atoms with Crippen LogP contribution < -0.4 is 10.1 Å². The topological polar surface area (TPSA) is 65.1 Å². The number of carbonyl (C=O) groups excluding carboxylic acids is 2. The zero-order chi connectivity index (χ0) is 21.6. The van der Waals surface area contributed by atoms with E-state index in [1.807, 2.05) is 49.8 Å². The Bertz CT molecular complexity index is 712. The second-order valence-corrected chi connectivity index (χ2v) is 9.02. The molecular formula is C21H33ClN4O3. The highest BCUT2D eigenvalue weighted by Crippen LogP contribution is 2.23. The normalized spacial score (nSPS) is 15.5. The van der Waals surface area contributed by atoms with Crippen LogP contribution in [0, 0.1) is 0 Å². The van der Waals surface area contributed by atoms with Gasteiger partial charge in [0.25, 0.3) is 0 Å². The number of piperazine rings is 1. The number of carbonyl (C=O) groups is 2. The minimum absolute atomic E-state index is 0.0208. The highest BCUT2D eigenvalue weighted by Gasteiger charge is 2.24. The molecule has 1 aliphatic rings. The third-order valence-electron chi connectivity index (χ3n) is 4.69. The van der Waals surface area contributed by atoms with E-state index in [1.54, 1.807) is 13.2 Å². The second-order valence-electron chi connectivity index (χ2n) is 8.58. The summed E-state index contributed by atoms with van der Waals surface area (Å²) in [5.41, 5.74) is 0.718. The summed E-state index contributed by atoms with van der Waals surface area (Å²) in [6.07, 6.45) is 0. The molecule has 29 heavy (non-hydrogen) atoms. The fourth-order valence-electron chi connectivity index (χ4n) is 3.36. The number of amides is 2. The van der Waals surface area contributed by atoms with Gasteiger partial charge in [0.2, 0.25) is 11.8 Å². The van der Waals surface area contributed by atoms with Crippen LogP contribution in [-0.2, 0) is 16.1 Å². The Morgan fingerprint density at radius 3 is 2.45 bits per heavy atom. The predicted octanol–water partition coefficient (Wildman–Crippen LogP) is 1.84. The molecule has 1 aromatic rings. The fraction of sp³-hybridized carbons (Fsp3) is 0.619. The predicted molar refractivity (Wildman–Crippen MR) is 115 cm³/mol. The molecule has 2 rings (SSSR count). The van der Waals surface area contributed by atoms with Crippen LogP contribution in [0.3, 0.4) is 0 Å². The monoisotopic (exact) mass is 424 g/mol. The van der Waals surface area contributed by atoms with Crippen molar-refractivity contribution in [2.75, 3.05) is 53.4 Å². The van der Waals surface area contributed by atoms with Crippen molar-refractivity contribution < 1.29 is 14.3 Å². The maximum absolute atomic E-state index is 12.7. The van der Waals surface area contributed by atoms with Gasteiger partial charge in [-0.1, -0.05) is 11.6 Å². The largest absolute Gasteiger partial charge is 0.496 e. The van der Waals surface area contributed by atoms with Crippen molar-refractivity contribution in [1.82, 2.24) is 20.0 Å². The van der Waals surface area contributed by atoms with E-state index < -0.39 is 0 Å². The lowest BCUT2D eigenvalue weighted by atomic mass is 10.1. The summed E-state index contributed by atoms with van der Waals surface area (Å²) in [5, 5.41) is 3.62. The molecule has 2 amide bonds. The Balaban J connectivity index is 1.79. The molecule has 8 heteroatoms. The maximum atomic E-state index is 12.7. The van der Waals surface area contributed by atoms with Crippen molar-refractivity contribution in [3.05, 3.63) is 28.8 Å². The molecule has 1 heterocycles. The van der Waals surface area contributed by atoms with Gasteiger partial charge in [0, 0.05) is 48.8 Å². The molecule has 0 spiro atoms. The summed E-state index contributed by atoms with van der Waals surface area (Å²) in [7, 11) is 3.53. The minimum atomic E-state index is -0.231. The Labute approximate surface area is 178 Å². The van der Waals surface area contributed by atoms with Gasteiger partial charge >= 0.3 is 0 Å². The molecule has 1 N–H and O–H groups in total. The van der Waals surface area contributed by atoms with Crippen molar-refractivity contribution in [2.45, 2.75) is 32.9 Å². The first-order chi connectivity index (χ1) is 13.6. The van der Waals surface area contributed by atoms with Crippen LogP contribution in [0.25, 0.3) is 0 Å². The maximum Gasteiger partial charge on any atom is 0.236 e. The number of benzene rings is 1. The molecule has 1 aromatic carbocycles. The molecule has 0 aliphatic carbocycles. The van der Waals surface area contributed by atoms with Crippen LogP contribution >= 0.6 is 11.6 Å². The Kier molecular flexibility index (Phi) is 8.31. The molecule has 162 valence electrons. The van der Waals surface area contributed by atoms with E-state index in [0.717, 1.165) is 11.3 Å².